The SMILES string of the molecule is CC[C@H](OC(=O)[C@@H](OC)c1ccccc1)c1sc(-c2ccc(C(F)(F)F)cc2)cc1C. The highest BCUT2D eigenvalue weighted by molar-refractivity contribution is 7.15. The lowest BCUT2D eigenvalue weighted by Gasteiger charge is -2.20. The highest BCUT2D eigenvalue weighted by Crippen LogP contribution is 2.39. The maximum absolute atomic E-state index is 12.8. The van der Waals surface area contributed by atoms with Gasteiger partial charge in [-0.15, -0.1) is 11.3 Å². The summed E-state index contributed by atoms with van der Waals surface area (Å²) in [5, 5.41) is 0. The number of esters is 1. The first-order valence-electron chi connectivity index (χ1n) is 9.80. The first-order chi connectivity index (χ1) is 14.7. The number of hydrogen-bond donors (Lipinski definition) is 0. The fourth-order valence-electron chi connectivity index (χ4n) is 3.30. The number of benzene rings is 2. The molecule has 164 valence electrons. The molecule has 3 rings (SSSR count). The van der Waals surface area contributed by atoms with Gasteiger partial charge >= 0.3 is 12.1 Å². The molecule has 2 aromatic carbocycles. The number of alkyl halides is 3. The van der Waals surface area contributed by atoms with E-state index >= 15 is 0 Å². The van der Waals surface area contributed by atoms with Crippen molar-refractivity contribution in [3.63, 3.8) is 0 Å². The summed E-state index contributed by atoms with van der Waals surface area (Å²) in [6, 6.07) is 16.1. The summed E-state index contributed by atoms with van der Waals surface area (Å²) in [4.78, 5) is 14.5. The molecule has 3 aromatic rings. The minimum Gasteiger partial charge on any atom is -0.454 e. The van der Waals surface area contributed by atoms with Crippen molar-refractivity contribution in [2.24, 2.45) is 0 Å². The van der Waals surface area contributed by atoms with Gasteiger partial charge in [0.1, 0.15) is 6.10 Å². The Morgan fingerprint density at radius 2 is 1.71 bits per heavy atom. The summed E-state index contributed by atoms with van der Waals surface area (Å²) in [6.07, 6.45) is -5.11. The van der Waals surface area contributed by atoms with E-state index < -0.39 is 29.9 Å². The van der Waals surface area contributed by atoms with Gasteiger partial charge in [-0.05, 0) is 48.2 Å². The number of carbonyl (C=O) groups excluding carboxylic acids is 1. The standard InChI is InChI=1S/C24H23F3O3S/c1-4-19(30-23(28)21(29-3)17-8-6-5-7-9-17)22-15(2)14-20(31-22)16-10-12-18(13-11-16)24(25,26)27/h5-14,19,21H,4H2,1-3H3/t19-,21-/m0/s1. The van der Waals surface area contributed by atoms with E-state index in [9.17, 15) is 18.0 Å². The van der Waals surface area contributed by atoms with Crippen molar-refractivity contribution in [2.45, 2.75) is 38.7 Å². The molecule has 7 heteroatoms. The van der Waals surface area contributed by atoms with Crippen LogP contribution in [0.5, 0.6) is 0 Å². The van der Waals surface area contributed by atoms with Crippen LogP contribution in [-0.2, 0) is 20.4 Å². The molecule has 1 heterocycles. The maximum Gasteiger partial charge on any atom is 0.416 e. The number of aryl methyl sites for hydroxylation is 1. The number of thiophene rings is 1. The summed E-state index contributed by atoms with van der Waals surface area (Å²) in [5.74, 6) is -0.482. The van der Waals surface area contributed by atoms with Gasteiger partial charge in [0, 0.05) is 16.9 Å². The molecular weight excluding hydrogens is 425 g/mol. The Kier molecular flexibility index (Phi) is 7.18. The lowest BCUT2D eigenvalue weighted by molar-refractivity contribution is -0.162. The maximum atomic E-state index is 12.8. The molecule has 0 unspecified atom stereocenters. The fraction of sp³-hybridized carbons (Fsp3) is 0.292. The topological polar surface area (TPSA) is 35.5 Å². The monoisotopic (exact) mass is 448 g/mol. The predicted molar refractivity (Wildman–Crippen MR) is 115 cm³/mol. The Labute approximate surface area is 183 Å². The number of carbonyl (C=O) groups is 1. The quantitative estimate of drug-likeness (QED) is 0.361. The number of halogens is 3. The van der Waals surface area contributed by atoms with E-state index in [1.807, 2.05) is 38.1 Å². The van der Waals surface area contributed by atoms with E-state index in [-0.39, 0.29) is 0 Å². The van der Waals surface area contributed by atoms with Crippen LogP contribution < -0.4 is 0 Å². The third-order valence-electron chi connectivity index (χ3n) is 4.93. The normalized spacial score (nSPS) is 13.6. The summed E-state index contributed by atoms with van der Waals surface area (Å²) >= 11 is 1.42. The summed E-state index contributed by atoms with van der Waals surface area (Å²) in [5.41, 5.74) is 1.63. The Hall–Kier alpha value is -2.64. The van der Waals surface area contributed by atoms with E-state index in [0.717, 1.165) is 27.5 Å². The number of rotatable bonds is 7. The molecule has 2 atom stereocenters. The van der Waals surface area contributed by atoms with Crippen molar-refractivity contribution in [1.29, 1.82) is 0 Å². The first-order valence-corrected chi connectivity index (χ1v) is 10.6. The Balaban J connectivity index is 1.81. The van der Waals surface area contributed by atoms with Crippen LogP contribution in [0, 0.1) is 6.92 Å². The van der Waals surface area contributed by atoms with Crippen LogP contribution in [0.3, 0.4) is 0 Å². The van der Waals surface area contributed by atoms with Crippen molar-refractivity contribution in [1.82, 2.24) is 0 Å². The molecule has 0 bridgehead atoms. The molecule has 3 nitrogen and oxygen atoms in total. The average molecular weight is 449 g/mol. The van der Waals surface area contributed by atoms with Crippen LogP contribution in [0.25, 0.3) is 10.4 Å². The molecule has 0 fully saturated rings. The highest BCUT2D eigenvalue weighted by Gasteiger charge is 2.30. The van der Waals surface area contributed by atoms with Crippen LogP contribution in [0.1, 0.15) is 47.1 Å². The van der Waals surface area contributed by atoms with Gasteiger partial charge in [0.05, 0.1) is 5.56 Å². The third kappa shape index (κ3) is 5.35. The molecule has 1 aromatic heterocycles. The van der Waals surface area contributed by atoms with Crippen LogP contribution in [0.15, 0.2) is 60.7 Å². The van der Waals surface area contributed by atoms with E-state index in [1.165, 1.54) is 30.6 Å². The average Bonchev–Trinajstić information content (AvgIpc) is 3.14. The lowest BCUT2D eigenvalue weighted by atomic mass is 10.1. The van der Waals surface area contributed by atoms with E-state index in [0.29, 0.717) is 17.5 Å². The number of methoxy groups -OCH3 is 1. The zero-order chi connectivity index (χ0) is 22.6. The molecule has 0 radical (unpaired) electrons. The second kappa shape index (κ2) is 9.66. The fourth-order valence-corrected chi connectivity index (χ4v) is 4.59. The molecule has 0 saturated carbocycles. The van der Waals surface area contributed by atoms with Gasteiger partial charge in [-0.2, -0.15) is 13.2 Å². The van der Waals surface area contributed by atoms with Crippen molar-refractivity contribution in [3.05, 3.63) is 82.2 Å². The molecule has 0 N–H and O–H groups in total. The van der Waals surface area contributed by atoms with E-state index in [1.54, 1.807) is 12.1 Å². The molecule has 31 heavy (non-hydrogen) atoms. The molecule has 0 amide bonds. The second-order valence-corrected chi connectivity index (χ2v) is 8.18. The van der Waals surface area contributed by atoms with Crippen molar-refractivity contribution in [2.75, 3.05) is 7.11 Å². The van der Waals surface area contributed by atoms with Crippen LogP contribution in [0.2, 0.25) is 0 Å². The van der Waals surface area contributed by atoms with Gasteiger partial charge < -0.3 is 9.47 Å². The van der Waals surface area contributed by atoms with E-state index in [2.05, 4.69) is 0 Å². The predicted octanol–water partition coefficient (Wildman–Crippen LogP) is 7.12. The van der Waals surface area contributed by atoms with Crippen molar-refractivity contribution in [3.8, 4) is 10.4 Å². The zero-order valence-electron chi connectivity index (χ0n) is 17.4. The second-order valence-electron chi connectivity index (χ2n) is 7.09. The Morgan fingerprint density at radius 3 is 2.26 bits per heavy atom. The molecular formula is C24H23F3O3S. The number of ether oxygens (including phenoxy) is 2. The van der Waals surface area contributed by atoms with Crippen molar-refractivity contribution >= 4 is 17.3 Å². The van der Waals surface area contributed by atoms with Gasteiger partial charge in [-0.1, -0.05) is 49.4 Å². The minimum absolute atomic E-state index is 0.470. The van der Waals surface area contributed by atoms with Gasteiger partial charge in [0.2, 0.25) is 0 Å². The summed E-state index contributed by atoms with van der Waals surface area (Å²) in [7, 11) is 1.46. The highest BCUT2D eigenvalue weighted by atomic mass is 32.1. The van der Waals surface area contributed by atoms with Crippen LogP contribution >= 0.6 is 11.3 Å². The smallest absolute Gasteiger partial charge is 0.416 e. The molecule has 0 aliphatic heterocycles. The first kappa shape index (κ1) is 23.0. The minimum atomic E-state index is -4.37. The summed E-state index contributed by atoms with van der Waals surface area (Å²) < 4.78 is 49.6. The Bertz CT molecular complexity index is 1010. The zero-order valence-corrected chi connectivity index (χ0v) is 18.2. The number of hydrogen-bond acceptors (Lipinski definition) is 4. The third-order valence-corrected chi connectivity index (χ3v) is 6.30. The molecule has 0 spiro atoms. The molecule has 0 aliphatic carbocycles. The van der Waals surface area contributed by atoms with Gasteiger partial charge in [0.25, 0.3) is 0 Å². The molecule has 0 aliphatic rings. The van der Waals surface area contributed by atoms with Crippen molar-refractivity contribution < 1.29 is 27.4 Å². The van der Waals surface area contributed by atoms with Crippen LogP contribution in [-0.4, -0.2) is 13.1 Å². The van der Waals surface area contributed by atoms with Gasteiger partial charge in [0.15, 0.2) is 6.10 Å². The lowest BCUT2D eigenvalue weighted by Crippen LogP contribution is -2.20. The van der Waals surface area contributed by atoms with E-state index in [4.69, 9.17) is 9.47 Å². The van der Waals surface area contributed by atoms with Gasteiger partial charge in [-0.3, -0.25) is 0 Å². The van der Waals surface area contributed by atoms with Crippen LogP contribution in [0.4, 0.5) is 13.2 Å². The summed E-state index contributed by atoms with van der Waals surface area (Å²) in [6.45, 7) is 3.82. The molecule has 0 saturated heterocycles. The largest absolute Gasteiger partial charge is 0.454 e. The Morgan fingerprint density at radius 1 is 1.06 bits per heavy atom. The van der Waals surface area contributed by atoms with Gasteiger partial charge in [-0.25, -0.2) is 4.79 Å².